The summed E-state index contributed by atoms with van der Waals surface area (Å²) in [7, 11) is 0. The molecule has 262 valence electrons. The van der Waals surface area contributed by atoms with Crippen molar-refractivity contribution in [3.63, 3.8) is 0 Å². The van der Waals surface area contributed by atoms with Gasteiger partial charge in [0.1, 0.15) is 0 Å². The van der Waals surface area contributed by atoms with Gasteiger partial charge in [0.05, 0.1) is 42.8 Å². The van der Waals surface area contributed by atoms with E-state index in [0.29, 0.717) is 0 Å². The molecular weight excluding hydrogens is 699 g/mol. The van der Waals surface area contributed by atoms with Gasteiger partial charge >= 0.3 is 0 Å². The first kappa shape index (κ1) is 31.2. The van der Waals surface area contributed by atoms with E-state index < -0.39 is 0 Å². The zero-order chi connectivity index (χ0) is 36.7. The molecule has 9 aromatic carbocycles. The van der Waals surface area contributed by atoms with Gasteiger partial charge in [0.25, 0.3) is 0 Å². The molecule has 0 aliphatic carbocycles. The fourth-order valence-electron chi connectivity index (χ4n) is 9.10. The van der Waals surface area contributed by atoms with Crippen molar-refractivity contribution in [3.05, 3.63) is 200 Å². The molecule has 56 heavy (non-hydrogen) atoms. The van der Waals surface area contributed by atoms with Gasteiger partial charge < -0.3 is 14.0 Å². The second-order valence-electron chi connectivity index (χ2n) is 14.5. The van der Waals surface area contributed by atoms with Crippen LogP contribution in [0.1, 0.15) is 0 Å². The minimum atomic E-state index is 1.12. The maximum Gasteiger partial charge on any atom is 0.0640 e. The van der Waals surface area contributed by atoms with E-state index in [-0.39, 0.29) is 0 Å². The molecule has 0 aliphatic rings. The average molecular weight is 732 g/mol. The standard InChI is InChI=1S/C52H33N3S/c1-3-16-35(17-4-1)53(37-30-32-46-43(33-37)50-38-20-8-7-15-34(38)29-31-47(50)54(46)36-18-5-2-6-19-36)48-27-13-23-41-42-24-14-28-49(52(42)56-51(41)48)55-44-25-11-9-21-39(44)40-22-10-12-26-45(40)55/h1-33H. The molecule has 0 spiro atoms. The van der Waals surface area contributed by atoms with Crippen molar-refractivity contribution in [2.75, 3.05) is 4.90 Å². The molecular formula is C52H33N3S. The third-order valence-electron chi connectivity index (χ3n) is 11.5. The van der Waals surface area contributed by atoms with Crippen molar-refractivity contribution < 1.29 is 0 Å². The van der Waals surface area contributed by atoms with Gasteiger partial charge in [-0.2, -0.15) is 0 Å². The maximum absolute atomic E-state index is 2.46. The van der Waals surface area contributed by atoms with E-state index in [0.717, 1.165) is 17.1 Å². The van der Waals surface area contributed by atoms with Crippen molar-refractivity contribution in [1.29, 1.82) is 0 Å². The van der Waals surface area contributed by atoms with Gasteiger partial charge in [0.15, 0.2) is 0 Å². The molecule has 0 bridgehead atoms. The van der Waals surface area contributed by atoms with Gasteiger partial charge in [-0.25, -0.2) is 0 Å². The Morgan fingerprint density at radius 3 is 1.71 bits per heavy atom. The van der Waals surface area contributed by atoms with Crippen LogP contribution in [-0.4, -0.2) is 9.13 Å². The van der Waals surface area contributed by atoms with Gasteiger partial charge in [-0.1, -0.05) is 127 Å². The Morgan fingerprint density at radius 2 is 0.946 bits per heavy atom. The van der Waals surface area contributed by atoms with Crippen molar-refractivity contribution in [3.8, 4) is 11.4 Å². The molecule has 3 nitrogen and oxygen atoms in total. The number of fused-ring (bicyclic) bond motifs is 11. The van der Waals surface area contributed by atoms with E-state index >= 15 is 0 Å². The average Bonchev–Trinajstić information content (AvgIpc) is 3.93. The number of para-hydroxylation sites is 4. The van der Waals surface area contributed by atoms with Crippen LogP contribution in [0.25, 0.3) is 85.9 Å². The zero-order valence-corrected chi connectivity index (χ0v) is 31.1. The molecule has 12 rings (SSSR count). The summed E-state index contributed by atoms with van der Waals surface area (Å²) in [6.45, 7) is 0. The van der Waals surface area contributed by atoms with Crippen LogP contribution in [0.3, 0.4) is 0 Å². The predicted octanol–water partition coefficient (Wildman–Crippen LogP) is 14.9. The number of rotatable bonds is 5. The molecule has 0 N–H and O–H groups in total. The number of hydrogen-bond donors (Lipinski definition) is 0. The molecule has 3 heterocycles. The summed E-state index contributed by atoms with van der Waals surface area (Å²) in [4.78, 5) is 2.45. The lowest BCUT2D eigenvalue weighted by atomic mass is 10.0. The lowest BCUT2D eigenvalue weighted by molar-refractivity contribution is 1.18. The van der Waals surface area contributed by atoms with Crippen LogP contribution in [0, 0.1) is 0 Å². The summed E-state index contributed by atoms with van der Waals surface area (Å²) >= 11 is 1.89. The molecule has 0 saturated heterocycles. The van der Waals surface area contributed by atoms with Crippen molar-refractivity contribution in [2.24, 2.45) is 0 Å². The van der Waals surface area contributed by atoms with Crippen LogP contribution in [0.2, 0.25) is 0 Å². The Hall–Kier alpha value is -7.14. The highest BCUT2D eigenvalue weighted by Crippen LogP contribution is 2.48. The Kier molecular flexibility index (Phi) is 6.80. The molecule has 0 amide bonds. The summed E-state index contributed by atoms with van der Waals surface area (Å²) in [6.07, 6.45) is 0. The van der Waals surface area contributed by atoms with E-state index in [1.54, 1.807) is 0 Å². The summed E-state index contributed by atoms with van der Waals surface area (Å²) in [5.74, 6) is 0. The van der Waals surface area contributed by atoms with Gasteiger partial charge in [-0.05, 0) is 83.6 Å². The maximum atomic E-state index is 2.46. The van der Waals surface area contributed by atoms with E-state index in [1.165, 1.54) is 85.9 Å². The zero-order valence-electron chi connectivity index (χ0n) is 30.3. The summed E-state index contributed by atoms with van der Waals surface area (Å²) in [6, 6.07) is 73.0. The minimum Gasteiger partial charge on any atom is -0.309 e. The van der Waals surface area contributed by atoms with Crippen LogP contribution in [0.4, 0.5) is 17.1 Å². The van der Waals surface area contributed by atoms with Gasteiger partial charge in [-0.3, -0.25) is 0 Å². The minimum absolute atomic E-state index is 1.12. The molecule has 0 unspecified atom stereocenters. The Labute approximate surface area is 327 Å². The number of thiophene rings is 1. The quantitative estimate of drug-likeness (QED) is 0.172. The van der Waals surface area contributed by atoms with Gasteiger partial charge in [-0.15, -0.1) is 11.3 Å². The Bertz CT molecular complexity index is 3430. The number of hydrogen-bond acceptors (Lipinski definition) is 2. The lowest BCUT2D eigenvalue weighted by Crippen LogP contribution is -2.10. The third kappa shape index (κ3) is 4.51. The molecule has 3 aromatic heterocycles. The third-order valence-corrected chi connectivity index (χ3v) is 12.7. The molecule has 0 fully saturated rings. The first-order valence-corrected chi connectivity index (χ1v) is 19.9. The number of aromatic nitrogens is 2. The van der Waals surface area contributed by atoms with E-state index in [1.807, 2.05) is 11.3 Å². The topological polar surface area (TPSA) is 13.1 Å². The first-order chi connectivity index (χ1) is 27.8. The molecule has 4 heteroatoms. The SMILES string of the molecule is c1ccc(N(c2ccc3c(c2)c2c4ccccc4ccc2n3-c2ccccc2)c2cccc3c2sc2c(-n4c5ccccc5c5ccccc54)cccc23)cc1. The Morgan fingerprint density at radius 1 is 0.357 bits per heavy atom. The van der Waals surface area contributed by atoms with E-state index in [9.17, 15) is 0 Å². The lowest BCUT2D eigenvalue weighted by Gasteiger charge is -2.26. The number of anilines is 3. The van der Waals surface area contributed by atoms with Crippen LogP contribution in [-0.2, 0) is 0 Å². The molecule has 12 aromatic rings. The molecule has 0 aliphatic heterocycles. The summed E-state index contributed by atoms with van der Waals surface area (Å²) in [5, 5.41) is 10.1. The van der Waals surface area contributed by atoms with Crippen molar-refractivity contribution in [1.82, 2.24) is 9.13 Å². The summed E-state index contributed by atoms with van der Waals surface area (Å²) < 4.78 is 7.41. The molecule has 0 atom stereocenters. The smallest absolute Gasteiger partial charge is 0.0640 e. The van der Waals surface area contributed by atoms with Crippen LogP contribution in [0.15, 0.2) is 200 Å². The predicted molar refractivity (Wildman–Crippen MR) is 240 cm³/mol. The van der Waals surface area contributed by atoms with Crippen LogP contribution in [0.5, 0.6) is 0 Å². The summed E-state index contributed by atoms with van der Waals surface area (Å²) in [5.41, 5.74) is 10.6. The first-order valence-electron chi connectivity index (χ1n) is 19.1. The second kappa shape index (κ2) is 12.2. The highest BCUT2D eigenvalue weighted by Gasteiger charge is 2.23. The Balaban J connectivity index is 1.13. The number of benzene rings is 9. The normalized spacial score (nSPS) is 11.9. The van der Waals surface area contributed by atoms with Crippen LogP contribution < -0.4 is 4.90 Å². The fourth-order valence-corrected chi connectivity index (χ4v) is 10.4. The van der Waals surface area contributed by atoms with Gasteiger partial charge in [0.2, 0.25) is 0 Å². The van der Waals surface area contributed by atoms with E-state index in [4.69, 9.17) is 0 Å². The monoisotopic (exact) mass is 731 g/mol. The highest BCUT2D eigenvalue weighted by molar-refractivity contribution is 7.26. The van der Waals surface area contributed by atoms with Crippen molar-refractivity contribution in [2.45, 2.75) is 0 Å². The largest absolute Gasteiger partial charge is 0.309 e. The second-order valence-corrected chi connectivity index (χ2v) is 15.5. The molecule has 0 saturated carbocycles. The molecule has 0 radical (unpaired) electrons. The fraction of sp³-hybridized carbons (Fsp3) is 0. The van der Waals surface area contributed by atoms with Crippen LogP contribution >= 0.6 is 11.3 Å². The van der Waals surface area contributed by atoms with Gasteiger partial charge in [0, 0.05) is 49.4 Å². The highest BCUT2D eigenvalue weighted by atomic mass is 32.1. The van der Waals surface area contributed by atoms with Crippen molar-refractivity contribution >= 4 is 103 Å². The number of nitrogens with zero attached hydrogens (tertiary/aromatic N) is 3. The van der Waals surface area contributed by atoms with E-state index in [2.05, 4.69) is 214 Å².